The molecule has 0 spiro atoms. The van der Waals surface area contributed by atoms with Crippen LogP contribution in [0.1, 0.15) is 17.7 Å². The molecule has 8 nitrogen and oxygen atoms in total. The van der Waals surface area contributed by atoms with Crippen LogP contribution in [-0.2, 0) is 21.5 Å². The third-order valence-electron chi connectivity index (χ3n) is 4.23. The van der Waals surface area contributed by atoms with E-state index in [0.29, 0.717) is 17.0 Å². The van der Waals surface area contributed by atoms with Crippen molar-refractivity contribution in [3.8, 4) is 11.8 Å². The fourth-order valence-electron chi connectivity index (χ4n) is 2.80. The number of nitrogens with zero attached hydrogens (tertiary/aromatic N) is 3. The quantitative estimate of drug-likeness (QED) is 0.642. The van der Waals surface area contributed by atoms with E-state index in [-0.39, 0.29) is 26.1 Å². The topological polar surface area (TPSA) is 105 Å². The van der Waals surface area contributed by atoms with Crippen LogP contribution in [0.4, 0.5) is 13.2 Å². The average molecular weight is 454 g/mol. The van der Waals surface area contributed by atoms with Crippen LogP contribution in [0.15, 0.2) is 59.3 Å². The van der Waals surface area contributed by atoms with Gasteiger partial charge in [0.15, 0.2) is 0 Å². The maximum absolute atomic E-state index is 12.8. The molecular formula is C19H17F3N4O4S. The van der Waals surface area contributed by atoms with Crippen molar-refractivity contribution in [1.82, 2.24) is 14.8 Å². The molecule has 0 atom stereocenters. The number of benzene rings is 1. The van der Waals surface area contributed by atoms with Gasteiger partial charge in [-0.1, -0.05) is 12.1 Å². The maximum Gasteiger partial charge on any atom is 0.573 e. The molecule has 0 saturated heterocycles. The SMILES string of the molecule is N#Cc1ccnc(CONC2=CCN(S(=O)(=O)c3ccccc3OC(F)(F)F)CC2)c1. The van der Waals surface area contributed by atoms with Crippen molar-refractivity contribution in [3.05, 3.63) is 65.6 Å². The molecule has 3 rings (SSSR count). The summed E-state index contributed by atoms with van der Waals surface area (Å²) in [6, 6.07) is 9.74. The van der Waals surface area contributed by atoms with Gasteiger partial charge >= 0.3 is 6.36 Å². The van der Waals surface area contributed by atoms with Crippen LogP contribution in [0.5, 0.6) is 5.75 Å². The Labute approximate surface area is 176 Å². The zero-order valence-electron chi connectivity index (χ0n) is 16.0. The standard InChI is InChI=1S/C19H17F3N4O4S/c20-19(21,22)30-17-3-1-2-4-18(17)31(27,28)26-9-6-15(7-10-26)25-29-13-16-11-14(12-23)5-8-24-16/h1-6,8,11,25H,7,9-10,13H2. The van der Waals surface area contributed by atoms with Gasteiger partial charge in [-0.15, -0.1) is 13.2 Å². The lowest BCUT2D eigenvalue weighted by Gasteiger charge is -2.26. The summed E-state index contributed by atoms with van der Waals surface area (Å²) in [6.07, 6.45) is -1.70. The van der Waals surface area contributed by atoms with Crippen LogP contribution < -0.4 is 10.2 Å². The Kier molecular flexibility index (Phi) is 6.79. The van der Waals surface area contributed by atoms with Crippen molar-refractivity contribution in [2.45, 2.75) is 24.3 Å². The molecule has 0 aliphatic carbocycles. The summed E-state index contributed by atoms with van der Waals surface area (Å²) >= 11 is 0. The minimum absolute atomic E-state index is 0.0348. The highest BCUT2D eigenvalue weighted by Crippen LogP contribution is 2.32. The molecule has 2 heterocycles. The van der Waals surface area contributed by atoms with Crippen molar-refractivity contribution >= 4 is 10.0 Å². The Bertz CT molecular complexity index is 1110. The first kappa shape index (κ1) is 22.5. The lowest BCUT2D eigenvalue weighted by molar-refractivity contribution is -0.275. The summed E-state index contributed by atoms with van der Waals surface area (Å²) in [5.74, 6) is -0.779. The highest BCUT2D eigenvalue weighted by molar-refractivity contribution is 7.89. The minimum Gasteiger partial charge on any atom is -0.404 e. The van der Waals surface area contributed by atoms with Crippen LogP contribution in [-0.4, -0.2) is 37.2 Å². The van der Waals surface area contributed by atoms with Crippen molar-refractivity contribution in [2.75, 3.05) is 13.1 Å². The number of alkyl halides is 3. The Hall–Kier alpha value is -3.14. The normalized spacial score (nSPS) is 15.1. The zero-order valence-corrected chi connectivity index (χ0v) is 16.8. The molecule has 0 amide bonds. The van der Waals surface area contributed by atoms with E-state index in [1.54, 1.807) is 18.2 Å². The van der Waals surface area contributed by atoms with Crippen LogP contribution >= 0.6 is 0 Å². The van der Waals surface area contributed by atoms with E-state index in [2.05, 4.69) is 15.2 Å². The number of hydrogen-bond donors (Lipinski definition) is 1. The highest BCUT2D eigenvalue weighted by Gasteiger charge is 2.35. The predicted molar refractivity (Wildman–Crippen MR) is 101 cm³/mol. The number of ether oxygens (including phenoxy) is 1. The average Bonchev–Trinajstić information content (AvgIpc) is 2.73. The summed E-state index contributed by atoms with van der Waals surface area (Å²) in [6.45, 7) is 0.0562. The van der Waals surface area contributed by atoms with Gasteiger partial charge in [-0.05, 0) is 30.3 Å². The molecule has 0 fully saturated rings. The number of nitrogens with one attached hydrogen (secondary N) is 1. The summed E-state index contributed by atoms with van der Waals surface area (Å²) in [7, 11) is -4.21. The first-order valence-corrected chi connectivity index (χ1v) is 10.4. The molecule has 31 heavy (non-hydrogen) atoms. The second-order valence-electron chi connectivity index (χ2n) is 6.38. The summed E-state index contributed by atoms with van der Waals surface area (Å²) in [5, 5.41) is 8.88. The number of halogens is 3. The van der Waals surface area contributed by atoms with E-state index < -0.39 is 27.0 Å². The van der Waals surface area contributed by atoms with E-state index in [9.17, 15) is 21.6 Å². The van der Waals surface area contributed by atoms with E-state index in [0.717, 1.165) is 16.4 Å². The third-order valence-corrected chi connectivity index (χ3v) is 6.14. The van der Waals surface area contributed by atoms with Crippen LogP contribution in [0.3, 0.4) is 0 Å². The number of sulfonamides is 1. The molecule has 1 N–H and O–H groups in total. The van der Waals surface area contributed by atoms with Gasteiger partial charge in [0.2, 0.25) is 10.0 Å². The predicted octanol–water partition coefficient (Wildman–Crippen LogP) is 2.85. The first-order valence-electron chi connectivity index (χ1n) is 8.96. The molecule has 1 aromatic heterocycles. The second kappa shape index (κ2) is 9.34. The van der Waals surface area contributed by atoms with Crippen molar-refractivity contribution < 1.29 is 31.2 Å². The Morgan fingerprint density at radius 3 is 2.71 bits per heavy atom. The molecular weight excluding hydrogens is 437 g/mol. The van der Waals surface area contributed by atoms with E-state index in [4.69, 9.17) is 10.1 Å². The second-order valence-corrected chi connectivity index (χ2v) is 8.28. The van der Waals surface area contributed by atoms with E-state index in [1.807, 2.05) is 6.07 Å². The number of pyridine rings is 1. The van der Waals surface area contributed by atoms with Gasteiger partial charge in [-0.25, -0.2) is 8.42 Å². The smallest absolute Gasteiger partial charge is 0.404 e. The number of para-hydroxylation sites is 1. The van der Waals surface area contributed by atoms with Crippen LogP contribution in [0.25, 0.3) is 0 Å². The molecule has 0 radical (unpaired) electrons. The summed E-state index contributed by atoms with van der Waals surface area (Å²) < 4.78 is 68.4. The molecule has 0 bridgehead atoms. The van der Waals surface area contributed by atoms with Gasteiger partial charge in [0.05, 0.1) is 17.3 Å². The number of nitriles is 1. The molecule has 2 aromatic rings. The summed E-state index contributed by atoms with van der Waals surface area (Å²) in [4.78, 5) is 8.84. The van der Waals surface area contributed by atoms with Gasteiger partial charge in [-0.2, -0.15) is 9.57 Å². The molecule has 0 saturated carbocycles. The van der Waals surface area contributed by atoms with Crippen LogP contribution in [0.2, 0.25) is 0 Å². The molecule has 1 aromatic carbocycles. The number of hydrogen-bond acceptors (Lipinski definition) is 7. The number of rotatable bonds is 7. The maximum atomic E-state index is 12.8. The van der Waals surface area contributed by atoms with Gasteiger partial charge in [0.1, 0.15) is 17.3 Å². The fourth-order valence-corrected chi connectivity index (χ4v) is 4.30. The molecule has 0 unspecified atom stereocenters. The Balaban J connectivity index is 1.62. The fraction of sp³-hybridized carbons (Fsp3) is 0.263. The van der Waals surface area contributed by atoms with Gasteiger partial charge in [0, 0.05) is 31.4 Å². The van der Waals surface area contributed by atoms with Gasteiger partial charge in [-0.3, -0.25) is 15.3 Å². The molecule has 1 aliphatic rings. The van der Waals surface area contributed by atoms with Crippen molar-refractivity contribution in [1.29, 1.82) is 5.26 Å². The van der Waals surface area contributed by atoms with Gasteiger partial charge < -0.3 is 4.74 Å². The first-order chi connectivity index (χ1) is 14.7. The molecule has 12 heteroatoms. The molecule has 1 aliphatic heterocycles. The monoisotopic (exact) mass is 454 g/mol. The largest absolute Gasteiger partial charge is 0.573 e. The third kappa shape index (κ3) is 5.94. The van der Waals surface area contributed by atoms with E-state index in [1.165, 1.54) is 18.3 Å². The number of aromatic nitrogens is 1. The minimum atomic E-state index is -5.01. The van der Waals surface area contributed by atoms with Crippen molar-refractivity contribution in [3.63, 3.8) is 0 Å². The zero-order chi connectivity index (χ0) is 22.5. The molecule has 164 valence electrons. The van der Waals surface area contributed by atoms with E-state index >= 15 is 0 Å². The Morgan fingerprint density at radius 2 is 2.03 bits per heavy atom. The van der Waals surface area contributed by atoms with Crippen LogP contribution in [0, 0.1) is 11.3 Å². The summed E-state index contributed by atoms with van der Waals surface area (Å²) in [5.41, 5.74) is 4.30. The van der Waals surface area contributed by atoms with Crippen molar-refractivity contribution in [2.24, 2.45) is 0 Å². The Morgan fingerprint density at radius 1 is 1.26 bits per heavy atom. The lowest BCUT2D eigenvalue weighted by atomic mass is 10.2. The lowest BCUT2D eigenvalue weighted by Crippen LogP contribution is -2.37. The number of hydroxylamine groups is 1. The van der Waals surface area contributed by atoms with Gasteiger partial charge in [0.25, 0.3) is 0 Å². The highest BCUT2D eigenvalue weighted by atomic mass is 32.2.